The van der Waals surface area contributed by atoms with Gasteiger partial charge in [0.1, 0.15) is 11.4 Å². The van der Waals surface area contributed by atoms with E-state index in [1.165, 1.54) is 18.4 Å². The monoisotopic (exact) mass is 339 g/mol. The summed E-state index contributed by atoms with van der Waals surface area (Å²) in [5.74, 6) is 1.14. The van der Waals surface area contributed by atoms with Gasteiger partial charge in [-0.05, 0) is 57.2 Å². The van der Waals surface area contributed by atoms with Gasteiger partial charge in [-0.1, -0.05) is 30.3 Å². The van der Waals surface area contributed by atoms with Crippen LogP contribution in [0.4, 0.5) is 16.3 Å². The summed E-state index contributed by atoms with van der Waals surface area (Å²) in [7, 11) is 0. The predicted octanol–water partition coefficient (Wildman–Crippen LogP) is 4.99. The maximum atomic E-state index is 11.8. The second-order valence-corrected chi connectivity index (χ2v) is 7.43. The Morgan fingerprint density at radius 2 is 1.88 bits per heavy atom. The largest absolute Gasteiger partial charge is 0.444 e. The molecule has 1 aliphatic carbocycles. The number of anilines is 2. The molecular weight excluding hydrogens is 314 g/mol. The summed E-state index contributed by atoms with van der Waals surface area (Å²) in [4.78, 5) is 16.1. The van der Waals surface area contributed by atoms with E-state index in [0.717, 1.165) is 5.69 Å². The Labute approximate surface area is 148 Å². The fourth-order valence-corrected chi connectivity index (χ4v) is 2.70. The molecule has 132 valence electrons. The van der Waals surface area contributed by atoms with Crippen molar-refractivity contribution < 1.29 is 9.53 Å². The summed E-state index contributed by atoms with van der Waals surface area (Å²) in [5.41, 5.74) is 1.70. The molecule has 25 heavy (non-hydrogen) atoms. The van der Waals surface area contributed by atoms with E-state index >= 15 is 0 Å². The van der Waals surface area contributed by atoms with Crippen molar-refractivity contribution in [3.05, 3.63) is 54.2 Å². The molecule has 1 atom stereocenters. The van der Waals surface area contributed by atoms with Crippen molar-refractivity contribution >= 4 is 17.6 Å². The van der Waals surface area contributed by atoms with Crippen molar-refractivity contribution in [3.63, 3.8) is 0 Å². The van der Waals surface area contributed by atoms with E-state index in [1.807, 2.05) is 32.9 Å². The van der Waals surface area contributed by atoms with Crippen LogP contribution in [0, 0.1) is 5.92 Å². The molecular formula is C20H25N3O2. The van der Waals surface area contributed by atoms with Crippen LogP contribution in [0.1, 0.15) is 45.2 Å². The van der Waals surface area contributed by atoms with Crippen LogP contribution in [0.5, 0.6) is 0 Å². The number of rotatable bonds is 5. The van der Waals surface area contributed by atoms with Crippen LogP contribution in [0.2, 0.25) is 0 Å². The Balaban J connectivity index is 1.63. The number of ether oxygens (including phenoxy) is 1. The molecule has 0 saturated heterocycles. The second kappa shape index (κ2) is 7.13. The van der Waals surface area contributed by atoms with E-state index in [4.69, 9.17) is 4.74 Å². The van der Waals surface area contributed by atoms with Crippen LogP contribution < -0.4 is 10.6 Å². The van der Waals surface area contributed by atoms with Crippen LogP contribution in [0.3, 0.4) is 0 Å². The number of pyridine rings is 1. The lowest BCUT2D eigenvalue weighted by Gasteiger charge is -2.21. The molecule has 5 heteroatoms. The van der Waals surface area contributed by atoms with Crippen molar-refractivity contribution in [2.75, 3.05) is 10.6 Å². The van der Waals surface area contributed by atoms with Crippen LogP contribution in [-0.4, -0.2) is 16.7 Å². The quantitative estimate of drug-likeness (QED) is 0.805. The number of nitrogens with one attached hydrogen (secondary N) is 2. The topological polar surface area (TPSA) is 63.2 Å². The van der Waals surface area contributed by atoms with Crippen LogP contribution in [0.15, 0.2) is 48.7 Å². The molecule has 1 fully saturated rings. The molecule has 1 aromatic carbocycles. The van der Waals surface area contributed by atoms with Gasteiger partial charge in [-0.15, -0.1) is 0 Å². The van der Waals surface area contributed by atoms with Crippen LogP contribution in [0.25, 0.3) is 0 Å². The van der Waals surface area contributed by atoms with Gasteiger partial charge in [0.15, 0.2) is 0 Å². The molecule has 1 heterocycles. The fourth-order valence-electron chi connectivity index (χ4n) is 2.70. The fraction of sp³-hybridized carbons (Fsp3) is 0.400. The van der Waals surface area contributed by atoms with Crippen molar-refractivity contribution in [2.45, 2.75) is 45.3 Å². The molecule has 3 rings (SSSR count). The Morgan fingerprint density at radius 1 is 1.16 bits per heavy atom. The minimum atomic E-state index is -0.529. The second-order valence-electron chi connectivity index (χ2n) is 7.43. The Morgan fingerprint density at radius 3 is 2.44 bits per heavy atom. The number of hydrogen-bond donors (Lipinski definition) is 2. The number of carbonyl (C=O) groups is 1. The van der Waals surface area contributed by atoms with Gasteiger partial charge in [-0.2, -0.15) is 0 Å². The van der Waals surface area contributed by atoms with Crippen molar-refractivity contribution in [3.8, 4) is 0 Å². The highest BCUT2D eigenvalue weighted by Crippen LogP contribution is 2.42. The van der Waals surface area contributed by atoms with Gasteiger partial charge in [0.25, 0.3) is 0 Å². The normalized spacial score (nSPS) is 15.3. The minimum absolute atomic E-state index is 0.299. The first-order valence-electron chi connectivity index (χ1n) is 8.68. The standard InChI is InChI=1S/C20H25N3O2/c1-20(2,3)25-19(24)23-17-12-11-16(13-21-17)22-18(15-9-10-15)14-7-5-4-6-8-14/h4-8,11-13,15,18,22H,9-10H2,1-3H3,(H,21,23,24). The maximum Gasteiger partial charge on any atom is 0.413 e. The first kappa shape index (κ1) is 17.3. The van der Waals surface area contributed by atoms with Gasteiger partial charge in [0, 0.05) is 0 Å². The maximum absolute atomic E-state index is 11.8. The van der Waals surface area contributed by atoms with E-state index in [0.29, 0.717) is 17.8 Å². The lowest BCUT2D eigenvalue weighted by molar-refractivity contribution is 0.0635. The smallest absolute Gasteiger partial charge is 0.413 e. The number of aromatic nitrogens is 1. The minimum Gasteiger partial charge on any atom is -0.444 e. The number of carbonyl (C=O) groups excluding carboxylic acids is 1. The van der Waals surface area contributed by atoms with Crippen molar-refractivity contribution in [1.82, 2.24) is 4.98 Å². The van der Waals surface area contributed by atoms with E-state index in [9.17, 15) is 4.79 Å². The van der Waals surface area contributed by atoms with E-state index in [2.05, 4.69) is 39.9 Å². The molecule has 0 aliphatic heterocycles. The highest BCUT2D eigenvalue weighted by Gasteiger charge is 2.32. The van der Waals surface area contributed by atoms with Gasteiger partial charge in [0.2, 0.25) is 0 Å². The molecule has 2 aromatic rings. The summed E-state index contributed by atoms with van der Waals surface area (Å²) < 4.78 is 5.23. The molecule has 1 saturated carbocycles. The number of nitrogens with zero attached hydrogens (tertiary/aromatic N) is 1. The molecule has 1 aliphatic rings. The zero-order valence-electron chi connectivity index (χ0n) is 15.0. The first-order chi connectivity index (χ1) is 11.9. The Hall–Kier alpha value is -2.56. The molecule has 1 aromatic heterocycles. The summed E-state index contributed by atoms with van der Waals surface area (Å²) in [5, 5.41) is 6.22. The number of hydrogen-bond acceptors (Lipinski definition) is 4. The lowest BCUT2D eigenvalue weighted by Crippen LogP contribution is -2.27. The first-order valence-corrected chi connectivity index (χ1v) is 8.68. The lowest BCUT2D eigenvalue weighted by atomic mass is 10.0. The Kier molecular flexibility index (Phi) is 4.93. The van der Waals surface area contributed by atoms with E-state index < -0.39 is 11.7 Å². The van der Waals surface area contributed by atoms with Crippen molar-refractivity contribution in [2.24, 2.45) is 5.92 Å². The van der Waals surface area contributed by atoms with Gasteiger partial charge in [-0.25, -0.2) is 9.78 Å². The third-order valence-electron chi connectivity index (χ3n) is 3.97. The molecule has 0 spiro atoms. The van der Waals surface area contributed by atoms with Crippen LogP contribution in [-0.2, 0) is 4.74 Å². The Bertz CT molecular complexity index is 704. The zero-order valence-corrected chi connectivity index (χ0v) is 15.0. The molecule has 5 nitrogen and oxygen atoms in total. The average molecular weight is 339 g/mol. The van der Waals surface area contributed by atoms with Crippen molar-refractivity contribution in [1.29, 1.82) is 0 Å². The van der Waals surface area contributed by atoms with Gasteiger partial charge < -0.3 is 10.1 Å². The summed E-state index contributed by atoms with van der Waals surface area (Å²) in [6.45, 7) is 5.48. The third-order valence-corrected chi connectivity index (χ3v) is 3.97. The number of amides is 1. The van der Waals surface area contributed by atoms with Gasteiger partial charge >= 0.3 is 6.09 Å². The number of benzene rings is 1. The molecule has 2 N–H and O–H groups in total. The summed E-state index contributed by atoms with van der Waals surface area (Å²) >= 11 is 0. The molecule has 0 radical (unpaired) electrons. The van der Waals surface area contributed by atoms with Gasteiger partial charge in [-0.3, -0.25) is 5.32 Å². The average Bonchev–Trinajstić information content (AvgIpc) is 3.38. The molecule has 0 bridgehead atoms. The van der Waals surface area contributed by atoms with E-state index in [-0.39, 0.29) is 0 Å². The predicted molar refractivity (Wildman–Crippen MR) is 99.6 cm³/mol. The van der Waals surface area contributed by atoms with E-state index in [1.54, 1.807) is 12.3 Å². The van der Waals surface area contributed by atoms with Crippen LogP contribution >= 0.6 is 0 Å². The molecule has 1 unspecified atom stereocenters. The third kappa shape index (κ3) is 5.21. The highest BCUT2D eigenvalue weighted by atomic mass is 16.6. The SMILES string of the molecule is CC(C)(C)OC(=O)Nc1ccc(NC(c2ccccc2)C2CC2)cn1. The molecule has 1 amide bonds. The van der Waals surface area contributed by atoms with Gasteiger partial charge in [0.05, 0.1) is 17.9 Å². The zero-order chi connectivity index (χ0) is 17.9. The summed E-state index contributed by atoms with van der Waals surface area (Å²) in [6, 6.07) is 14.5. The highest BCUT2D eigenvalue weighted by molar-refractivity contribution is 5.83. The summed E-state index contributed by atoms with van der Waals surface area (Å²) in [6.07, 6.45) is 3.74.